The van der Waals surface area contributed by atoms with E-state index in [1.165, 1.54) is 38.1 Å². The van der Waals surface area contributed by atoms with Gasteiger partial charge in [-0.15, -0.1) is 0 Å². The zero-order valence-corrected chi connectivity index (χ0v) is 24.5. The first-order valence-corrected chi connectivity index (χ1v) is 15.6. The standard InChI is InChI=1S/C42H23N3O/c1-2-10-24(11-3-1)26-13-4-5-14-29(26)41-42(44-31-18-7-6-17-30(31)43-41)45-32-21-20-25-12-8-15-27-28-16-9-19-34-37(28)40-35(46-34)23-22-33(45)39(40)38(32)36(25)27/h1-23H. The lowest BCUT2D eigenvalue weighted by Gasteiger charge is -2.16. The van der Waals surface area contributed by atoms with E-state index in [0.29, 0.717) is 0 Å². The van der Waals surface area contributed by atoms with E-state index in [9.17, 15) is 0 Å². The predicted octanol–water partition coefficient (Wildman–Crippen LogP) is 11.1. The van der Waals surface area contributed by atoms with E-state index < -0.39 is 0 Å². The van der Waals surface area contributed by atoms with Gasteiger partial charge in [-0.2, -0.15) is 0 Å². The van der Waals surface area contributed by atoms with Crippen molar-refractivity contribution in [3.05, 3.63) is 140 Å². The molecule has 0 atom stereocenters. The van der Waals surface area contributed by atoms with Crippen LogP contribution in [0.5, 0.6) is 0 Å². The van der Waals surface area contributed by atoms with Crippen LogP contribution in [-0.2, 0) is 0 Å². The van der Waals surface area contributed by atoms with Gasteiger partial charge in [0.05, 0.1) is 22.1 Å². The molecule has 4 nitrogen and oxygen atoms in total. The maximum atomic E-state index is 6.51. The SMILES string of the molecule is c1ccc(-c2ccccc2-c2nc3ccccc3nc2-n2c3ccc4cccc5c4c3c3c4c(ccc32)oc2cccc-5c24)cc1. The maximum Gasteiger partial charge on any atom is 0.165 e. The molecule has 0 bridgehead atoms. The monoisotopic (exact) mass is 585 g/mol. The maximum absolute atomic E-state index is 6.51. The molecule has 212 valence electrons. The van der Waals surface area contributed by atoms with E-state index in [1.807, 2.05) is 18.2 Å². The van der Waals surface area contributed by atoms with Gasteiger partial charge in [0.25, 0.3) is 0 Å². The fourth-order valence-corrected chi connectivity index (χ4v) is 7.84. The van der Waals surface area contributed by atoms with Crippen LogP contribution in [0.15, 0.2) is 144 Å². The molecular formula is C42H23N3O. The minimum Gasteiger partial charge on any atom is -0.456 e. The Labute approximate surface area is 262 Å². The van der Waals surface area contributed by atoms with Gasteiger partial charge in [0, 0.05) is 27.1 Å². The quantitative estimate of drug-likeness (QED) is 0.207. The molecule has 4 heteroatoms. The number of para-hydroxylation sites is 2. The van der Waals surface area contributed by atoms with E-state index in [4.69, 9.17) is 14.4 Å². The lowest BCUT2D eigenvalue weighted by Crippen LogP contribution is -2.04. The van der Waals surface area contributed by atoms with Crippen molar-refractivity contribution in [2.75, 3.05) is 0 Å². The third-order valence-electron chi connectivity index (χ3n) is 9.72. The smallest absolute Gasteiger partial charge is 0.165 e. The molecule has 0 unspecified atom stereocenters. The Balaban J connectivity index is 1.37. The van der Waals surface area contributed by atoms with Crippen molar-refractivity contribution in [2.24, 2.45) is 0 Å². The summed E-state index contributed by atoms with van der Waals surface area (Å²) in [5.74, 6) is 0.812. The highest BCUT2D eigenvalue weighted by Crippen LogP contribution is 2.51. The average Bonchev–Trinajstić information content (AvgIpc) is 3.62. The second-order valence-electron chi connectivity index (χ2n) is 12.1. The molecular weight excluding hydrogens is 562 g/mol. The fraction of sp³-hybridized carbons (Fsp3) is 0. The highest BCUT2D eigenvalue weighted by molar-refractivity contribution is 6.38. The van der Waals surface area contributed by atoms with Crippen LogP contribution in [0.3, 0.4) is 0 Å². The molecule has 3 aromatic heterocycles. The average molecular weight is 586 g/mol. The third-order valence-corrected chi connectivity index (χ3v) is 9.72. The van der Waals surface area contributed by atoms with E-state index in [0.717, 1.165) is 66.8 Å². The summed E-state index contributed by atoms with van der Waals surface area (Å²) >= 11 is 0. The second kappa shape index (κ2) is 8.68. The Bertz CT molecular complexity index is 2910. The number of nitrogens with zero attached hydrogens (tertiary/aromatic N) is 3. The Morgan fingerprint density at radius 2 is 1.04 bits per heavy atom. The van der Waals surface area contributed by atoms with Crippen molar-refractivity contribution in [1.29, 1.82) is 0 Å². The summed E-state index contributed by atoms with van der Waals surface area (Å²) in [6.45, 7) is 0. The summed E-state index contributed by atoms with van der Waals surface area (Å²) in [7, 11) is 0. The summed E-state index contributed by atoms with van der Waals surface area (Å²) in [6, 6.07) is 49.1. The van der Waals surface area contributed by atoms with Gasteiger partial charge in [0.15, 0.2) is 5.82 Å². The van der Waals surface area contributed by atoms with Gasteiger partial charge in [0.2, 0.25) is 0 Å². The first-order chi connectivity index (χ1) is 22.8. The third kappa shape index (κ3) is 3.03. The van der Waals surface area contributed by atoms with Gasteiger partial charge < -0.3 is 4.42 Å². The molecule has 0 fully saturated rings. The van der Waals surface area contributed by atoms with Gasteiger partial charge in [-0.3, -0.25) is 4.57 Å². The lowest BCUT2D eigenvalue weighted by molar-refractivity contribution is 0.669. The number of furan rings is 1. The number of rotatable bonds is 3. The Hall–Kier alpha value is -6.26. The number of hydrogen-bond donors (Lipinski definition) is 0. The molecule has 0 spiro atoms. The summed E-state index contributed by atoms with van der Waals surface area (Å²) in [4.78, 5) is 10.8. The molecule has 46 heavy (non-hydrogen) atoms. The second-order valence-corrected chi connectivity index (χ2v) is 12.1. The molecule has 3 heterocycles. The molecule has 1 aliphatic carbocycles. The molecule has 1 aliphatic rings. The number of aromatic nitrogens is 3. The van der Waals surface area contributed by atoms with Crippen molar-refractivity contribution < 1.29 is 4.42 Å². The highest BCUT2D eigenvalue weighted by Gasteiger charge is 2.28. The molecule has 0 saturated heterocycles. The van der Waals surface area contributed by atoms with Crippen molar-refractivity contribution in [3.8, 4) is 39.3 Å². The Morgan fingerprint density at radius 1 is 0.413 bits per heavy atom. The molecule has 0 aliphatic heterocycles. The zero-order valence-electron chi connectivity index (χ0n) is 24.5. The first kappa shape index (κ1) is 24.1. The Kier molecular flexibility index (Phi) is 4.55. The topological polar surface area (TPSA) is 43.9 Å². The van der Waals surface area contributed by atoms with Crippen molar-refractivity contribution >= 4 is 65.6 Å². The van der Waals surface area contributed by atoms with Gasteiger partial charge in [-0.05, 0) is 69.4 Å². The molecule has 0 amide bonds. The first-order valence-electron chi connectivity index (χ1n) is 15.6. The predicted molar refractivity (Wildman–Crippen MR) is 189 cm³/mol. The van der Waals surface area contributed by atoms with Crippen LogP contribution in [0.2, 0.25) is 0 Å². The zero-order chi connectivity index (χ0) is 29.9. The van der Waals surface area contributed by atoms with Crippen LogP contribution in [-0.4, -0.2) is 14.5 Å². The molecule has 0 saturated carbocycles. The number of benzene rings is 7. The molecule has 7 aromatic carbocycles. The summed E-state index contributed by atoms with van der Waals surface area (Å²) in [6.07, 6.45) is 0. The van der Waals surface area contributed by atoms with Gasteiger partial charge in [-0.1, -0.05) is 103 Å². The van der Waals surface area contributed by atoms with Gasteiger partial charge in [0.1, 0.15) is 16.9 Å². The van der Waals surface area contributed by atoms with Crippen LogP contribution in [0.25, 0.3) is 105 Å². The van der Waals surface area contributed by atoms with E-state index in [-0.39, 0.29) is 0 Å². The van der Waals surface area contributed by atoms with Gasteiger partial charge in [-0.25, -0.2) is 9.97 Å². The highest BCUT2D eigenvalue weighted by atomic mass is 16.3. The summed E-state index contributed by atoms with van der Waals surface area (Å²) in [5.41, 5.74) is 12.3. The van der Waals surface area contributed by atoms with E-state index in [1.54, 1.807) is 0 Å². The van der Waals surface area contributed by atoms with E-state index in [2.05, 4.69) is 126 Å². The van der Waals surface area contributed by atoms with Crippen molar-refractivity contribution in [1.82, 2.24) is 14.5 Å². The molecule has 10 aromatic rings. The minimum absolute atomic E-state index is 0.812. The molecule has 11 rings (SSSR count). The van der Waals surface area contributed by atoms with Crippen molar-refractivity contribution in [2.45, 2.75) is 0 Å². The normalized spacial score (nSPS) is 12.3. The Morgan fingerprint density at radius 3 is 1.89 bits per heavy atom. The summed E-state index contributed by atoms with van der Waals surface area (Å²) in [5, 5.41) is 7.25. The van der Waals surface area contributed by atoms with Crippen molar-refractivity contribution in [3.63, 3.8) is 0 Å². The van der Waals surface area contributed by atoms with Crippen LogP contribution in [0.1, 0.15) is 0 Å². The summed E-state index contributed by atoms with van der Waals surface area (Å²) < 4.78 is 8.85. The molecule has 0 radical (unpaired) electrons. The molecule has 0 N–H and O–H groups in total. The van der Waals surface area contributed by atoms with Crippen LogP contribution >= 0.6 is 0 Å². The number of hydrogen-bond acceptors (Lipinski definition) is 3. The van der Waals surface area contributed by atoms with E-state index >= 15 is 0 Å². The number of fused-ring (bicyclic) bond motifs is 2. The largest absolute Gasteiger partial charge is 0.456 e. The lowest BCUT2D eigenvalue weighted by atomic mass is 9.95. The fourth-order valence-electron chi connectivity index (χ4n) is 7.84. The van der Waals surface area contributed by atoms with Crippen LogP contribution in [0.4, 0.5) is 0 Å². The van der Waals surface area contributed by atoms with Gasteiger partial charge >= 0.3 is 0 Å². The minimum atomic E-state index is 0.812. The van der Waals surface area contributed by atoms with Crippen LogP contribution < -0.4 is 0 Å². The van der Waals surface area contributed by atoms with Crippen LogP contribution in [0, 0.1) is 0 Å².